The van der Waals surface area contributed by atoms with E-state index in [0.29, 0.717) is 6.61 Å². The number of rotatable bonds is 4. The Morgan fingerprint density at radius 2 is 2.29 bits per heavy atom. The van der Waals surface area contributed by atoms with Crippen LogP contribution in [0.3, 0.4) is 0 Å². The maximum Gasteiger partial charge on any atom is 0.315 e. The molecule has 0 aliphatic carbocycles. The summed E-state index contributed by atoms with van der Waals surface area (Å²) < 4.78 is 5.64. The molecule has 4 heteroatoms. The summed E-state index contributed by atoms with van der Waals surface area (Å²) in [7, 11) is 0. The number of fused-ring (bicyclic) bond motifs is 1. The molecule has 2 fully saturated rings. The highest BCUT2D eigenvalue weighted by Crippen LogP contribution is 2.22. The molecule has 14 heavy (non-hydrogen) atoms. The molecule has 2 aliphatic rings. The predicted octanol–water partition coefficient (Wildman–Crippen LogP) is 1.02. The summed E-state index contributed by atoms with van der Waals surface area (Å²) in [5.41, 5.74) is 0. The topological polar surface area (TPSA) is 50.4 Å². The van der Waals surface area contributed by atoms with Crippen LogP contribution in [0.25, 0.3) is 0 Å². The van der Waals surface area contributed by atoms with E-state index in [1.54, 1.807) is 0 Å². The average Bonchev–Trinajstić information content (AvgIpc) is 2.66. The van der Waals surface area contributed by atoms with Crippen molar-refractivity contribution < 1.29 is 9.53 Å². The van der Waals surface area contributed by atoms with E-state index in [1.165, 1.54) is 19.3 Å². The molecule has 80 valence electrons. The zero-order valence-corrected chi connectivity index (χ0v) is 8.58. The zero-order valence-electron chi connectivity index (χ0n) is 8.58. The van der Waals surface area contributed by atoms with Gasteiger partial charge < -0.3 is 15.4 Å². The molecule has 0 bridgehead atoms. The molecule has 0 aromatic carbocycles. The molecule has 0 spiro atoms. The monoisotopic (exact) mass is 198 g/mol. The lowest BCUT2D eigenvalue weighted by molar-refractivity contribution is 0.0875. The Morgan fingerprint density at radius 1 is 1.43 bits per heavy atom. The van der Waals surface area contributed by atoms with E-state index < -0.39 is 0 Å². The third-order valence-electron chi connectivity index (χ3n) is 3.03. The second-order valence-electron chi connectivity index (χ2n) is 4.12. The largest absolute Gasteiger partial charge is 0.374 e. The van der Waals surface area contributed by atoms with Gasteiger partial charge in [0.1, 0.15) is 0 Å². The maximum atomic E-state index is 11.1. The number of carbonyl (C=O) groups is 1. The third kappa shape index (κ3) is 1.85. The molecule has 0 aromatic rings. The van der Waals surface area contributed by atoms with E-state index in [9.17, 15) is 4.79 Å². The number of urea groups is 1. The van der Waals surface area contributed by atoms with Crippen LogP contribution in [0, 0.1) is 0 Å². The first kappa shape index (κ1) is 9.77. The van der Waals surface area contributed by atoms with Crippen molar-refractivity contribution in [2.45, 2.75) is 50.8 Å². The minimum atomic E-state index is -0.0382. The van der Waals surface area contributed by atoms with E-state index >= 15 is 0 Å². The molecule has 4 nitrogen and oxygen atoms in total. The van der Waals surface area contributed by atoms with Gasteiger partial charge in [-0.3, -0.25) is 0 Å². The van der Waals surface area contributed by atoms with Gasteiger partial charge in [0.2, 0.25) is 0 Å². The number of unbranched alkanes of at least 4 members (excludes halogenated alkanes) is 2. The van der Waals surface area contributed by atoms with Crippen LogP contribution in [0.15, 0.2) is 0 Å². The molecule has 1 unspecified atom stereocenters. The quantitative estimate of drug-likeness (QED) is 0.662. The Labute approximate surface area is 84.4 Å². The first-order valence-corrected chi connectivity index (χ1v) is 5.50. The van der Waals surface area contributed by atoms with Gasteiger partial charge in [0.25, 0.3) is 0 Å². The Bertz CT molecular complexity index is 220. The van der Waals surface area contributed by atoms with Gasteiger partial charge in [-0.1, -0.05) is 26.2 Å². The fourth-order valence-corrected chi connectivity index (χ4v) is 2.24. The molecular formula is C10H18N2O2. The van der Waals surface area contributed by atoms with Crippen molar-refractivity contribution in [2.75, 3.05) is 6.61 Å². The lowest BCUT2D eigenvalue weighted by Gasteiger charge is -2.15. The summed E-state index contributed by atoms with van der Waals surface area (Å²) in [6.45, 7) is 2.86. The van der Waals surface area contributed by atoms with E-state index in [1.807, 2.05) is 0 Å². The Balaban J connectivity index is 1.80. The molecule has 2 amide bonds. The third-order valence-corrected chi connectivity index (χ3v) is 3.03. The summed E-state index contributed by atoms with van der Waals surface area (Å²) >= 11 is 0. The standard InChI is InChI=1S/C10H18N2O2/c1-2-3-4-5-8-9-7(6-14-8)11-10(13)12-9/h7-9H,2-6H2,1H3,(H2,11,12,13)/t7-,8?,9-/m1/s1. The minimum absolute atomic E-state index is 0.0382. The summed E-state index contributed by atoms with van der Waals surface area (Å²) in [6.07, 6.45) is 4.96. The number of amides is 2. The van der Waals surface area contributed by atoms with Gasteiger partial charge in [-0.2, -0.15) is 0 Å². The van der Waals surface area contributed by atoms with Gasteiger partial charge in [0.15, 0.2) is 0 Å². The minimum Gasteiger partial charge on any atom is -0.374 e. The number of nitrogens with one attached hydrogen (secondary N) is 2. The van der Waals surface area contributed by atoms with Crippen LogP contribution in [0.4, 0.5) is 4.79 Å². The van der Waals surface area contributed by atoms with Crippen molar-refractivity contribution in [3.05, 3.63) is 0 Å². The van der Waals surface area contributed by atoms with Crippen molar-refractivity contribution in [1.29, 1.82) is 0 Å². The number of hydrogen-bond acceptors (Lipinski definition) is 2. The Kier molecular flexibility index (Phi) is 2.91. The van der Waals surface area contributed by atoms with Crippen LogP contribution in [0.5, 0.6) is 0 Å². The van der Waals surface area contributed by atoms with Gasteiger partial charge in [-0.15, -0.1) is 0 Å². The second kappa shape index (κ2) is 4.17. The van der Waals surface area contributed by atoms with Crippen molar-refractivity contribution in [3.8, 4) is 0 Å². The molecule has 3 atom stereocenters. The summed E-state index contributed by atoms with van der Waals surface area (Å²) in [4.78, 5) is 11.1. The van der Waals surface area contributed by atoms with Crippen LogP contribution in [0.2, 0.25) is 0 Å². The Morgan fingerprint density at radius 3 is 3.07 bits per heavy atom. The summed E-state index contributed by atoms with van der Waals surface area (Å²) in [5, 5.41) is 5.78. The Hall–Kier alpha value is -0.770. The molecule has 2 heterocycles. The number of carbonyl (C=O) groups excluding carboxylic acids is 1. The van der Waals surface area contributed by atoms with Gasteiger partial charge in [-0.25, -0.2) is 4.79 Å². The lowest BCUT2D eigenvalue weighted by atomic mass is 10.0. The van der Waals surface area contributed by atoms with Crippen molar-refractivity contribution >= 4 is 6.03 Å². The van der Waals surface area contributed by atoms with Crippen LogP contribution >= 0.6 is 0 Å². The lowest BCUT2D eigenvalue weighted by Crippen LogP contribution is -2.37. The first-order chi connectivity index (χ1) is 6.81. The van der Waals surface area contributed by atoms with E-state index in [-0.39, 0.29) is 24.2 Å². The highest BCUT2D eigenvalue weighted by Gasteiger charge is 2.42. The second-order valence-corrected chi connectivity index (χ2v) is 4.12. The van der Waals surface area contributed by atoms with Gasteiger partial charge >= 0.3 is 6.03 Å². The van der Waals surface area contributed by atoms with Crippen LogP contribution < -0.4 is 10.6 Å². The number of hydrogen-bond donors (Lipinski definition) is 2. The van der Waals surface area contributed by atoms with Gasteiger partial charge in [0, 0.05) is 0 Å². The van der Waals surface area contributed by atoms with E-state index in [0.717, 1.165) is 6.42 Å². The van der Waals surface area contributed by atoms with E-state index in [4.69, 9.17) is 4.74 Å². The molecule has 0 saturated carbocycles. The fraction of sp³-hybridized carbons (Fsp3) is 0.900. The maximum absolute atomic E-state index is 11.1. The first-order valence-electron chi connectivity index (χ1n) is 5.50. The molecule has 0 aromatic heterocycles. The number of ether oxygens (including phenoxy) is 1. The van der Waals surface area contributed by atoms with E-state index in [2.05, 4.69) is 17.6 Å². The van der Waals surface area contributed by atoms with Crippen LogP contribution in [-0.2, 0) is 4.74 Å². The normalized spacial score (nSPS) is 35.2. The van der Waals surface area contributed by atoms with Crippen LogP contribution in [-0.4, -0.2) is 30.8 Å². The molecule has 2 N–H and O–H groups in total. The van der Waals surface area contributed by atoms with Gasteiger partial charge in [-0.05, 0) is 6.42 Å². The summed E-state index contributed by atoms with van der Waals surface area (Å²) in [5.74, 6) is 0. The van der Waals surface area contributed by atoms with Crippen molar-refractivity contribution in [3.63, 3.8) is 0 Å². The van der Waals surface area contributed by atoms with Crippen molar-refractivity contribution in [1.82, 2.24) is 10.6 Å². The molecule has 2 saturated heterocycles. The van der Waals surface area contributed by atoms with Crippen molar-refractivity contribution in [2.24, 2.45) is 0 Å². The summed E-state index contributed by atoms with van der Waals surface area (Å²) in [6, 6.07) is 0.372. The molecular weight excluding hydrogens is 180 g/mol. The molecule has 0 radical (unpaired) electrons. The highest BCUT2D eigenvalue weighted by atomic mass is 16.5. The SMILES string of the molecule is CCCCCC1OC[C@H]2NC(=O)N[C@@H]12. The van der Waals surface area contributed by atoms with Gasteiger partial charge in [0.05, 0.1) is 24.8 Å². The fourth-order valence-electron chi connectivity index (χ4n) is 2.24. The molecule has 2 rings (SSSR count). The van der Waals surface area contributed by atoms with Crippen LogP contribution in [0.1, 0.15) is 32.6 Å². The average molecular weight is 198 g/mol. The highest BCUT2D eigenvalue weighted by molar-refractivity contribution is 5.77. The molecule has 2 aliphatic heterocycles. The predicted molar refractivity (Wildman–Crippen MR) is 53.1 cm³/mol. The smallest absolute Gasteiger partial charge is 0.315 e. The zero-order chi connectivity index (χ0) is 9.97.